The van der Waals surface area contributed by atoms with Gasteiger partial charge in [0.05, 0.1) is 6.42 Å². The second-order valence-electron chi connectivity index (χ2n) is 8.19. The number of anilines is 1. The lowest BCUT2D eigenvalue weighted by molar-refractivity contribution is -0.121. The van der Waals surface area contributed by atoms with E-state index in [-0.39, 0.29) is 11.9 Å². The number of nitrogens with one attached hydrogen (secondary N) is 2. The summed E-state index contributed by atoms with van der Waals surface area (Å²) >= 11 is 0. The molecule has 1 aromatic carbocycles. The van der Waals surface area contributed by atoms with Crippen LogP contribution in [0.5, 0.6) is 0 Å². The molecule has 1 aliphatic heterocycles. The molecule has 150 valence electrons. The Hall–Kier alpha value is -2.89. The van der Waals surface area contributed by atoms with Gasteiger partial charge in [0, 0.05) is 47.5 Å². The van der Waals surface area contributed by atoms with Crippen LogP contribution in [0.2, 0.25) is 0 Å². The number of carbonyl (C=O) groups excluding carboxylic acids is 1. The fourth-order valence-electron chi connectivity index (χ4n) is 4.74. The molecule has 29 heavy (non-hydrogen) atoms. The molecule has 0 spiro atoms. The van der Waals surface area contributed by atoms with E-state index in [1.807, 2.05) is 24.4 Å². The topological polar surface area (TPSA) is 73.9 Å². The number of aromatic nitrogens is 3. The molecule has 5 rings (SSSR count). The van der Waals surface area contributed by atoms with Gasteiger partial charge in [0.25, 0.3) is 0 Å². The van der Waals surface area contributed by atoms with Gasteiger partial charge >= 0.3 is 0 Å². The number of fused-ring (bicyclic) bond motifs is 2. The summed E-state index contributed by atoms with van der Waals surface area (Å²) in [4.78, 5) is 27.3. The number of carbonyl (C=O) groups is 1. The van der Waals surface area contributed by atoms with Crippen LogP contribution in [0.15, 0.2) is 36.8 Å². The molecular weight excluding hydrogens is 362 g/mol. The molecule has 1 amide bonds. The van der Waals surface area contributed by atoms with Crippen molar-refractivity contribution >= 4 is 22.6 Å². The van der Waals surface area contributed by atoms with Crippen LogP contribution in [-0.2, 0) is 24.1 Å². The number of amides is 1. The molecular formula is C23H27N5O. The fraction of sp³-hybridized carbons (Fsp3) is 0.435. The van der Waals surface area contributed by atoms with Crippen molar-refractivity contribution in [1.82, 2.24) is 20.3 Å². The first-order valence-electron chi connectivity index (χ1n) is 10.7. The summed E-state index contributed by atoms with van der Waals surface area (Å²) in [5.74, 6) is 1.23. The van der Waals surface area contributed by atoms with Crippen LogP contribution in [0.4, 0.5) is 5.82 Å². The SMILES string of the molecule is O=C(Cc1c[nH]c2ccccc12)NC1CCN(c2ncnc3c2CCCC3)CC1. The molecule has 6 heteroatoms. The third kappa shape index (κ3) is 3.71. The minimum absolute atomic E-state index is 0.104. The van der Waals surface area contributed by atoms with Crippen LogP contribution in [0.25, 0.3) is 10.9 Å². The lowest BCUT2D eigenvalue weighted by atomic mass is 9.95. The molecule has 0 bridgehead atoms. The second kappa shape index (κ2) is 7.85. The van der Waals surface area contributed by atoms with E-state index in [9.17, 15) is 4.79 Å². The van der Waals surface area contributed by atoms with E-state index in [0.717, 1.165) is 61.1 Å². The Morgan fingerprint density at radius 1 is 1.14 bits per heavy atom. The number of nitrogens with zero attached hydrogens (tertiary/aromatic N) is 3. The van der Waals surface area contributed by atoms with Crippen LogP contribution in [0.3, 0.4) is 0 Å². The van der Waals surface area contributed by atoms with Crippen LogP contribution in [0, 0.1) is 0 Å². The third-order valence-corrected chi connectivity index (χ3v) is 6.29. The maximum absolute atomic E-state index is 12.6. The summed E-state index contributed by atoms with van der Waals surface area (Å²) in [5.41, 5.74) is 4.72. The van der Waals surface area contributed by atoms with Gasteiger partial charge in [-0.1, -0.05) is 18.2 Å². The molecule has 1 saturated heterocycles. The summed E-state index contributed by atoms with van der Waals surface area (Å²) in [7, 11) is 0. The summed E-state index contributed by atoms with van der Waals surface area (Å²) in [6, 6.07) is 8.36. The van der Waals surface area contributed by atoms with Gasteiger partial charge in [-0.05, 0) is 50.2 Å². The van der Waals surface area contributed by atoms with Crippen molar-refractivity contribution in [3.8, 4) is 0 Å². The van der Waals surface area contributed by atoms with E-state index in [2.05, 4.69) is 31.2 Å². The minimum Gasteiger partial charge on any atom is -0.361 e. The highest BCUT2D eigenvalue weighted by Crippen LogP contribution is 2.29. The zero-order chi connectivity index (χ0) is 19.6. The number of hydrogen-bond donors (Lipinski definition) is 2. The van der Waals surface area contributed by atoms with Crippen LogP contribution in [-0.4, -0.2) is 40.0 Å². The zero-order valence-corrected chi connectivity index (χ0v) is 16.7. The Morgan fingerprint density at radius 3 is 2.86 bits per heavy atom. The summed E-state index contributed by atoms with van der Waals surface area (Å²) in [6.07, 6.45) is 10.6. The third-order valence-electron chi connectivity index (χ3n) is 6.29. The predicted octanol–water partition coefficient (Wildman–Crippen LogP) is 3.16. The molecule has 0 unspecified atom stereocenters. The van der Waals surface area contributed by atoms with Crippen molar-refractivity contribution in [3.63, 3.8) is 0 Å². The molecule has 2 aromatic heterocycles. The number of H-pyrrole nitrogens is 1. The van der Waals surface area contributed by atoms with E-state index >= 15 is 0 Å². The quantitative estimate of drug-likeness (QED) is 0.719. The Kier molecular flexibility index (Phi) is 4.92. The van der Waals surface area contributed by atoms with Gasteiger partial charge in [-0.25, -0.2) is 9.97 Å². The lowest BCUT2D eigenvalue weighted by Crippen LogP contribution is -2.45. The molecule has 1 aliphatic carbocycles. The average molecular weight is 390 g/mol. The average Bonchev–Trinajstić information content (AvgIpc) is 3.17. The highest BCUT2D eigenvalue weighted by Gasteiger charge is 2.25. The molecule has 2 N–H and O–H groups in total. The van der Waals surface area contributed by atoms with E-state index in [0.29, 0.717) is 6.42 Å². The molecule has 0 atom stereocenters. The Balaban J connectivity index is 1.19. The second-order valence-corrected chi connectivity index (χ2v) is 8.19. The maximum atomic E-state index is 12.6. The Morgan fingerprint density at radius 2 is 1.97 bits per heavy atom. The summed E-state index contributed by atoms with van der Waals surface area (Å²) in [5, 5.41) is 4.37. The van der Waals surface area contributed by atoms with Crippen molar-refractivity contribution in [1.29, 1.82) is 0 Å². The Bertz CT molecular complexity index is 1020. The van der Waals surface area contributed by atoms with E-state index < -0.39 is 0 Å². The first kappa shape index (κ1) is 18.2. The minimum atomic E-state index is 0.104. The largest absolute Gasteiger partial charge is 0.361 e. The van der Waals surface area contributed by atoms with Crippen LogP contribution < -0.4 is 10.2 Å². The number of piperidine rings is 1. The highest BCUT2D eigenvalue weighted by atomic mass is 16.1. The summed E-state index contributed by atoms with van der Waals surface area (Å²) in [6.45, 7) is 1.86. The predicted molar refractivity (Wildman–Crippen MR) is 114 cm³/mol. The van der Waals surface area contributed by atoms with Crippen LogP contribution in [0.1, 0.15) is 42.5 Å². The molecule has 2 aliphatic rings. The van der Waals surface area contributed by atoms with Gasteiger partial charge in [-0.2, -0.15) is 0 Å². The molecule has 1 fully saturated rings. The van der Waals surface area contributed by atoms with Gasteiger partial charge in [0.15, 0.2) is 0 Å². The van der Waals surface area contributed by atoms with Crippen molar-refractivity contribution < 1.29 is 4.79 Å². The zero-order valence-electron chi connectivity index (χ0n) is 16.7. The van der Waals surface area contributed by atoms with Crippen molar-refractivity contribution in [3.05, 3.63) is 53.6 Å². The van der Waals surface area contributed by atoms with Gasteiger partial charge in [0.1, 0.15) is 12.1 Å². The first-order valence-corrected chi connectivity index (χ1v) is 10.7. The first-order chi connectivity index (χ1) is 14.3. The van der Waals surface area contributed by atoms with Crippen molar-refractivity contribution in [2.45, 2.75) is 51.0 Å². The molecule has 0 saturated carbocycles. The van der Waals surface area contributed by atoms with Crippen molar-refractivity contribution in [2.24, 2.45) is 0 Å². The molecule has 3 heterocycles. The van der Waals surface area contributed by atoms with Crippen LogP contribution >= 0.6 is 0 Å². The molecule has 6 nitrogen and oxygen atoms in total. The van der Waals surface area contributed by atoms with Gasteiger partial charge < -0.3 is 15.2 Å². The number of hydrogen-bond acceptors (Lipinski definition) is 4. The number of aromatic amines is 1. The summed E-state index contributed by atoms with van der Waals surface area (Å²) < 4.78 is 0. The normalized spacial score (nSPS) is 17.3. The number of para-hydroxylation sites is 1. The lowest BCUT2D eigenvalue weighted by Gasteiger charge is -2.35. The van der Waals surface area contributed by atoms with Gasteiger partial charge in [-0.15, -0.1) is 0 Å². The highest BCUT2D eigenvalue weighted by molar-refractivity contribution is 5.88. The fourth-order valence-corrected chi connectivity index (χ4v) is 4.74. The molecule has 0 radical (unpaired) electrons. The van der Waals surface area contributed by atoms with Gasteiger partial charge in [0.2, 0.25) is 5.91 Å². The van der Waals surface area contributed by atoms with E-state index in [4.69, 9.17) is 0 Å². The maximum Gasteiger partial charge on any atom is 0.224 e. The van der Waals surface area contributed by atoms with E-state index in [1.165, 1.54) is 24.1 Å². The molecule has 3 aromatic rings. The monoisotopic (exact) mass is 389 g/mol. The van der Waals surface area contributed by atoms with E-state index in [1.54, 1.807) is 6.33 Å². The van der Waals surface area contributed by atoms with Crippen molar-refractivity contribution in [2.75, 3.05) is 18.0 Å². The standard InChI is InChI=1S/C23H27N5O/c29-22(13-16-14-24-20-7-3-1-5-18(16)20)27-17-9-11-28(12-10-17)23-19-6-2-4-8-21(19)25-15-26-23/h1,3,5,7,14-15,17,24H,2,4,6,8-13H2,(H,27,29). The number of rotatable bonds is 4. The van der Waals surface area contributed by atoms with Gasteiger partial charge in [-0.3, -0.25) is 4.79 Å². The number of benzene rings is 1. The number of aryl methyl sites for hydroxylation is 1. The smallest absolute Gasteiger partial charge is 0.224 e. The Labute approximate surface area is 170 Å².